The minimum absolute atomic E-state index is 0.336. The molecule has 0 aliphatic heterocycles. The normalized spacial score (nSPS) is 10.4. The van der Waals surface area contributed by atoms with Crippen molar-refractivity contribution < 1.29 is 4.39 Å². The van der Waals surface area contributed by atoms with E-state index in [0.717, 1.165) is 22.5 Å². The first-order valence-corrected chi connectivity index (χ1v) is 5.71. The van der Waals surface area contributed by atoms with E-state index in [9.17, 15) is 4.39 Å². The predicted octanol–water partition coefficient (Wildman–Crippen LogP) is 2.87. The SMILES string of the molecule is Cc1nn(Cc2cc(F)cc(C#N)c2)c(C)c1C. The van der Waals surface area contributed by atoms with E-state index in [-0.39, 0.29) is 5.82 Å². The minimum atomic E-state index is -0.387. The second-order valence-corrected chi connectivity index (χ2v) is 4.41. The maximum Gasteiger partial charge on any atom is 0.124 e. The highest BCUT2D eigenvalue weighted by Crippen LogP contribution is 2.15. The van der Waals surface area contributed by atoms with Gasteiger partial charge in [-0.2, -0.15) is 10.4 Å². The Balaban J connectivity index is 2.37. The van der Waals surface area contributed by atoms with E-state index in [1.807, 2.05) is 31.5 Å². The zero-order valence-corrected chi connectivity index (χ0v) is 10.7. The number of rotatable bonds is 2. The molecule has 2 rings (SSSR count). The Bertz CT molecular complexity index is 635. The highest BCUT2D eigenvalue weighted by molar-refractivity contribution is 5.34. The van der Waals surface area contributed by atoms with Gasteiger partial charge in [0.1, 0.15) is 5.82 Å². The summed E-state index contributed by atoms with van der Waals surface area (Å²) in [6.07, 6.45) is 0. The number of aromatic nitrogens is 2. The molecule has 0 unspecified atom stereocenters. The van der Waals surface area contributed by atoms with Crippen LogP contribution in [0.2, 0.25) is 0 Å². The maximum atomic E-state index is 13.3. The fourth-order valence-corrected chi connectivity index (χ4v) is 1.92. The first-order valence-electron chi connectivity index (χ1n) is 5.71. The van der Waals surface area contributed by atoms with E-state index in [1.54, 1.807) is 6.07 Å². The molecule has 1 aromatic heterocycles. The van der Waals surface area contributed by atoms with Gasteiger partial charge in [-0.15, -0.1) is 0 Å². The molecule has 2 aromatic rings. The number of aryl methyl sites for hydroxylation is 1. The summed E-state index contributed by atoms with van der Waals surface area (Å²) in [5.74, 6) is -0.387. The summed E-state index contributed by atoms with van der Waals surface area (Å²) in [6, 6.07) is 6.31. The highest BCUT2D eigenvalue weighted by atomic mass is 19.1. The molecule has 0 bridgehead atoms. The van der Waals surface area contributed by atoms with Crippen LogP contribution >= 0.6 is 0 Å². The lowest BCUT2D eigenvalue weighted by Crippen LogP contribution is -2.04. The van der Waals surface area contributed by atoms with Crippen LogP contribution in [0.3, 0.4) is 0 Å². The molecule has 4 heteroatoms. The van der Waals surface area contributed by atoms with Gasteiger partial charge in [0, 0.05) is 5.69 Å². The van der Waals surface area contributed by atoms with Crippen molar-refractivity contribution in [3.05, 3.63) is 52.1 Å². The lowest BCUT2D eigenvalue weighted by atomic mass is 10.1. The largest absolute Gasteiger partial charge is 0.265 e. The molecule has 0 spiro atoms. The van der Waals surface area contributed by atoms with Crippen LogP contribution in [0.25, 0.3) is 0 Å². The van der Waals surface area contributed by atoms with Gasteiger partial charge in [0.15, 0.2) is 0 Å². The van der Waals surface area contributed by atoms with E-state index < -0.39 is 0 Å². The van der Waals surface area contributed by atoms with Gasteiger partial charge in [-0.25, -0.2) is 4.39 Å². The average molecular weight is 243 g/mol. The molecule has 1 aromatic carbocycles. The summed E-state index contributed by atoms with van der Waals surface area (Å²) in [4.78, 5) is 0. The molecule has 1 heterocycles. The van der Waals surface area contributed by atoms with E-state index in [1.165, 1.54) is 12.1 Å². The number of nitrogens with zero attached hydrogens (tertiary/aromatic N) is 3. The van der Waals surface area contributed by atoms with Crippen molar-refractivity contribution >= 4 is 0 Å². The van der Waals surface area contributed by atoms with Gasteiger partial charge in [-0.05, 0) is 50.1 Å². The van der Waals surface area contributed by atoms with Crippen LogP contribution in [-0.2, 0) is 6.54 Å². The zero-order valence-electron chi connectivity index (χ0n) is 10.7. The summed E-state index contributed by atoms with van der Waals surface area (Å²) in [7, 11) is 0. The number of nitriles is 1. The van der Waals surface area contributed by atoms with Crippen LogP contribution in [0.4, 0.5) is 4.39 Å². The molecule has 0 N–H and O–H groups in total. The van der Waals surface area contributed by atoms with Gasteiger partial charge in [0.2, 0.25) is 0 Å². The quantitative estimate of drug-likeness (QED) is 0.813. The molecule has 0 aliphatic carbocycles. The van der Waals surface area contributed by atoms with E-state index in [2.05, 4.69) is 5.10 Å². The van der Waals surface area contributed by atoms with Crippen molar-refractivity contribution in [3.63, 3.8) is 0 Å². The predicted molar refractivity (Wildman–Crippen MR) is 66.7 cm³/mol. The highest BCUT2D eigenvalue weighted by Gasteiger charge is 2.08. The van der Waals surface area contributed by atoms with Crippen LogP contribution < -0.4 is 0 Å². The van der Waals surface area contributed by atoms with Crippen LogP contribution in [0.15, 0.2) is 18.2 Å². The first kappa shape index (κ1) is 12.3. The van der Waals surface area contributed by atoms with Crippen LogP contribution in [-0.4, -0.2) is 9.78 Å². The lowest BCUT2D eigenvalue weighted by molar-refractivity contribution is 0.615. The molecule has 18 heavy (non-hydrogen) atoms. The van der Waals surface area contributed by atoms with Crippen molar-refractivity contribution in [3.8, 4) is 6.07 Å². The van der Waals surface area contributed by atoms with Gasteiger partial charge < -0.3 is 0 Å². The molecule has 0 aliphatic rings. The Labute approximate surface area is 105 Å². The smallest absolute Gasteiger partial charge is 0.124 e. The Kier molecular flexibility index (Phi) is 3.15. The molecule has 0 amide bonds. The van der Waals surface area contributed by atoms with Crippen molar-refractivity contribution in [2.75, 3.05) is 0 Å². The number of hydrogen-bond acceptors (Lipinski definition) is 2. The topological polar surface area (TPSA) is 41.6 Å². The summed E-state index contributed by atoms with van der Waals surface area (Å²) in [5, 5.41) is 13.2. The van der Waals surface area contributed by atoms with Crippen LogP contribution in [0, 0.1) is 37.9 Å². The fourth-order valence-electron chi connectivity index (χ4n) is 1.92. The Morgan fingerprint density at radius 1 is 1.28 bits per heavy atom. The third kappa shape index (κ3) is 2.25. The molecule has 0 atom stereocenters. The molecule has 92 valence electrons. The summed E-state index contributed by atoms with van der Waals surface area (Å²) in [5.41, 5.74) is 4.27. The minimum Gasteiger partial charge on any atom is -0.265 e. The molecule has 3 nitrogen and oxygen atoms in total. The molecule has 0 radical (unpaired) electrons. The van der Waals surface area contributed by atoms with Gasteiger partial charge >= 0.3 is 0 Å². The first-order chi connectivity index (χ1) is 8.51. The summed E-state index contributed by atoms with van der Waals surface area (Å²) >= 11 is 0. The molecule has 0 saturated carbocycles. The second kappa shape index (κ2) is 4.61. The van der Waals surface area contributed by atoms with Crippen molar-refractivity contribution in [1.29, 1.82) is 5.26 Å². The Morgan fingerprint density at radius 3 is 2.56 bits per heavy atom. The van der Waals surface area contributed by atoms with Crippen molar-refractivity contribution in [2.45, 2.75) is 27.3 Å². The standard InChI is InChI=1S/C14H14FN3/c1-9-10(2)17-18(11(9)3)8-13-4-12(7-16)5-14(15)6-13/h4-6H,8H2,1-3H3. The van der Waals surface area contributed by atoms with E-state index in [4.69, 9.17) is 5.26 Å². The van der Waals surface area contributed by atoms with Crippen LogP contribution in [0.1, 0.15) is 28.1 Å². The molecular weight excluding hydrogens is 229 g/mol. The van der Waals surface area contributed by atoms with E-state index in [0.29, 0.717) is 12.1 Å². The van der Waals surface area contributed by atoms with Crippen molar-refractivity contribution in [1.82, 2.24) is 9.78 Å². The number of halogens is 1. The lowest BCUT2D eigenvalue weighted by Gasteiger charge is -2.05. The van der Waals surface area contributed by atoms with Gasteiger partial charge in [0.05, 0.1) is 23.9 Å². The molecular formula is C14H14FN3. The molecule has 0 fully saturated rings. The summed E-state index contributed by atoms with van der Waals surface area (Å²) in [6.45, 7) is 6.43. The van der Waals surface area contributed by atoms with E-state index >= 15 is 0 Å². The monoisotopic (exact) mass is 243 g/mol. The second-order valence-electron chi connectivity index (χ2n) is 4.41. The Hall–Kier alpha value is -2.15. The van der Waals surface area contributed by atoms with Gasteiger partial charge in [-0.3, -0.25) is 4.68 Å². The third-order valence-electron chi connectivity index (χ3n) is 3.16. The van der Waals surface area contributed by atoms with Crippen molar-refractivity contribution in [2.24, 2.45) is 0 Å². The maximum absolute atomic E-state index is 13.3. The zero-order chi connectivity index (χ0) is 13.3. The molecule has 0 saturated heterocycles. The fraction of sp³-hybridized carbons (Fsp3) is 0.286. The van der Waals surface area contributed by atoms with Gasteiger partial charge in [-0.1, -0.05) is 0 Å². The number of benzene rings is 1. The number of hydrogen-bond donors (Lipinski definition) is 0. The third-order valence-corrected chi connectivity index (χ3v) is 3.16. The van der Waals surface area contributed by atoms with Crippen LogP contribution in [0.5, 0.6) is 0 Å². The average Bonchev–Trinajstić information content (AvgIpc) is 2.56. The Morgan fingerprint density at radius 2 is 2.00 bits per heavy atom. The van der Waals surface area contributed by atoms with Gasteiger partial charge in [0.25, 0.3) is 0 Å². The summed E-state index contributed by atoms with van der Waals surface area (Å²) < 4.78 is 15.2.